The Bertz CT molecular complexity index is 436. The van der Waals surface area contributed by atoms with Crippen LogP contribution in [0, 0.1) is 0 Å². The highest BCUT2D eigenvalue weighted by Crippen LogP contribution is 2.23. The van der Waals surface area contributed by atoms with Crippen LogP contribution in [0.4, 0.5) is 0 Å². The van der Waals surface area contributed by atoms with Crippen LogP contribution in [0.15, 0.2) is 16.9 Å². The molecule has 1 N–H and O–H groups in total. The fraction of sp³-hybridized carbons (Fsp3) is 0.714. The van der Waals surface area contributed by atoms with E-state index in [0.717, 1.165) is 17.4 Å². The van der Waals surface area contributed by atoms with Gasteiger partial charge in [-0.1, -0.05) is 6.92 Å². The van der Waals surface area contributed by atoms with E-state index in [0.29, 0.717) is 13.0 Å². The minimum absolute atomic E-state index is 0.0973. The lowest BCUT2D eigenvalue weighted by Crippen LogP contribution is -2.52. The van der Waals surface area contributed by atoms with Gasteiger partial charge in [-0.05, 0) is 56.1 Å². The first-order chi connectivity index (χ1) is 9.42. The molecule has 5 nitrogen and oxygen atoms in total. The van der Waals surface area contributed by atoms with Gasteiger partial charge in [-0.2, -0.15) is 5.10 Å². The van der Waals surface area contributed by atoms with Crippen molar-refractivity contribution in [2.75, 3.05) is 13.2 Å². The number of aromatic nitrogens is 2. The molecular formula is C14H24BrN3O2. The van der Waals surface area contributed by atoms with Gasteiger partial charge in [0.2, 0.25) is 0 Å². The Morgan fingerprint density at radius 3 is 2.80 bits per heavy atom. The Balaban J connectivity index is 2.80. The van der Waals surface area contributed by atoms with Crippen LogP contribution < -0.4 is 5.32 Å². The van der Waals surface area contributed by atoms with Gasteiger partial charge in [0, 0.05) is 6.20 Å². The van der Waals surface area contributed by atoms with Crippen LogP contribution in [0.3, 0.4) is 0 Å². The van der Waals surface area contributed by atoms with Crippen molar-refractivity contribution < 1.29 is 9.53 Å². The monoisotopic (exact) mass is 345 g/mol. The van der Waals surface area contributed by atoms with Crippen molar-refractivity contribution >= 4 is 21.9 Å². The lowest BCUT2D eigenvalue weighted by molar-refractivity contribution is -0.151. The largest absolute Gasteiger partial charge is 0.465 e. The maximum atomic E-state index is 12.2. The summed E-state index contributed by atoms with van der Waals surface area (Å²) in [5.74, 6) is -0.202. The molecule has 0 saturated carbocycles. The maximum Gasteiger partial charge on any atom is 0.326 e. The molecule has 0 radical (unpaired) electrons. The molecule has 20 heavy (non-hydrogen) atoms. The van der Waals surface area contributed by atoms with Gasteiger partial charge >= 0.3 is 5.97 Å². The Hall–Kier alpha value is -0.880. The van der Waals surface area contributed by atoms with E-state index < -0.39 is 5.54 Å². The summed E-state index contributed by atoms with van der Waals surface area (Å²) in [6, 6.07) is 0.0973. The van der Waals surface area contributed by atoms with E-state index in [9.17, 15) is 4.79 Å². The average molecular weight is 346 g/mol. The third-order valence-electron chi connectivity index (χ3n) is 3.22. The molecule has 0 aliphatic rings. The molecule has 0 saturated heterocycles. The lowest BCUT2D eigenvalue weighted by atomic mass is 9.93. The first kappa shape index (κ1) is 17.2. The third kappa shape index (κ3) is 4.59. The van der Waals surface area contributed by atoms with Crippen molar-refractivity contribution in [1.82, 2.24) is 15.1 Å². The number of nitrogens with zero attached hydrogens (tertiary/aromatic N) is 2. The molecule has 0 fully saturated rings. The summed E-state index contributed by atoms with van der Waals surface area (Å²) in [5, 5.41) is 7.59. The van der Waals surface area contributed by atoms with E-state index in [1.807, 2.05) is 31.6 Å². The molecule has 0 aliphatic heterocycles. The van der Waals surface area contributed by atoms with Gasteiger partial charge in [-0.15, -0.1) is 0 Å². The molecule has 1 aromatic heterocycles. The summed E-state index contributed by atoms with van der Waals surface area (Å²) in [6.45, 7) is 9.02. The van der Waals surface area contributed by atoms with Crippen molar-refractivity contribution in [3.63, 3.8) is 0 Å². The van der Waals surface area contributed by atoms with E-state index in [4.69, 9.17) is 4.74 Å². The van der Waals surface area contributed by atoms with E-state index >= 15 is 0 Å². The van der Waals surface area contributed by atoms with Gasteiger partial charge in [-0.25, -0.2) is 0 Å². The number of nitrogens with one attached hydrogen (secondary N) is 1. The van der Waals surface area contributed by atoms with Crippen molar-refractivity contribution in [2.24, 2.45) is 0 Å². The zero-order valence-corrected chi connectivity index (χ0v) is 14.2. The second-order valence-electron chi connectivity index (χ2n) is 5.17. The number of hydrogen-bond acceptors (Lipinski definition) is 4. The minimum Gasteiger partial charge on any atom is -0.465 e. The number of halogens is 1. The van der Waals surface area contributed by atoms with Crippen LogP contribution >= 0.6 is 15.9 Å². The number of rotatable bonds is 8. The average Bonchev–Trinajstić information content (AvgIpc) is 2.83. The summed E-state index contributed by atoms with van der Waals surface area (Å²) in [7, 11) is 0. The van der Waals surface area contributed by atoms with Crippen LogP contribution in [-0.2, 0) is 9.53 Å². The van der Waals surface area contributed by atoms with E-state index in [-0.39, 0.29) is 12.0 Å². The zero-order valence-electron chi connectivity index (χ0n) is 12.6. The summed E-state index contributed by atoms with van der Waals surface area (Å²) >= 11 is 3.39. The molecule has 1 aromatic rings. The molecule has 0 amide bonds. The van der Waals surface area contributed by atoms with Crippen LogP contribution in [0.25, 0.3) is 0 Å². The van der Waals surface area contributed by atoms with Gasteiger partial charge in [-0.3, -0.25) is 9.48 Å². The third-order valence-corrected chi connectivity index (χ3v) is 3.63. The lowest BCUT2D eigenvalue weighted by Gasteiger charge is -2.31. The number of carbonyl (C=O) groups is 1. The fourth-order valence-corrected chi connectivity index (χ4v) is 2.46. The quantitative estimate of drug-likeness (QED) is 0.736. The SMILES string of the molecule is CCCNC(C)(CC(C)n1cc(Br)cn1)C(=O)OCC. The van der Waals surface area contributed by atoms with E-state index in [2.05, 4.69) is 33.3 Å². The highest BCUT2D eigenvalue weighted by Gasteiger charge is 2.36. The normalized spacial score (nSPS) is 15.7. The highest BCUT2D eigenvalue weighted by atomic mass is 79.9. The highest BCUT2D eigenvalue weighted by molar-refractivity contribution is 9.10. The molecule has 1 heterocycles. The zero-order chi connectivity index (χ0) is 15.2. The van der Waals surface area contributed by atoms with Crippen molar-refractivity contribution in [1.29, 1.82) is 0 Å². The summed E-state index contributed by atoms with van der Waals surface area (Å²) in [5.41, 5.74) is -0.691. The van der Waals surface area contributed by atoms with Crippen molar-refractivity contribution in [2.45, 2.75) is 52.1 Å². The second kappa shape index (κ2) is 7.78. The Kier molecular flexibility index (Phi) is 6.68. The van der Waals surface area contributed by atoms with Crippen molar-refractivity contribution in [3.05, 3.63) is 16.9 Å². The Morgan fingerprint density at radius 1 is 1.60 bits per heavy atom. The molecule has 114 valence electrons. The van der Waals surface area contributed by atoms with E-state index in [1.54, 1.807) is 6.20 Å². The molecule has 6 heteroatoms. The fourth-order valence-electron chi connectivity index (χ4n) is 2.16. The van der Waals surface area contributed by atoms with Gasteiger partial charge in [0.1, 0.15) is 5.54 Å². The molecule has 0 bridgehead atoms. The first-order valence-corrected chi connectivity index (χ1v) is 7.84. The number of hydrogen-bond donors (Lipinski definition) is 1. The smallest absolute Gasteiger partial charge is 0.326 e. The maximum absolute atomic E-state index is 12.2. The first-order valence-electron chi connectivity index (χ1n) is 7.04. The van der Waals surface area contributed by atoms with Gasteiger partial charge in [0.05, 0.1) is 23.3 Å². The van der Waals surface area contributed by atoms with Crippen LogP contribution in [-0.4, -0.2) is 34.4 Å². The van der Waals surface area contributed by atoms with Gasteiger partial charge in [0.25, 0.3) is 0 Å². The van der Waals surface area contributed by atoms with Gasteiger partial charge in [0.15, 0.2) is 0 Å². The second-order valence-corrected chi connectivity index (χ2v) is 6.09. The standard InChI is InChI=1S/C14H24BrN3O2/c1-5-7-16-14(4,13(19)20-6-2)8-11(3)18-10-12(15)9-17-18/h9-11,16H,5-8H2,1-4H3. The summed E-state index contributed by atoms with van der Waals surface area (Å²) in [4.78, 5) is 12.2. The van der Waals surface area contributed by atoms with Crippen molar-refractivity contribution in [3.8, 4) is 0 Å². The van der Waals surface area contributed by atoms with Crippen LogP contribution in [0.5, 0.6) is 0 Å². The number of esters is 1. The molecule has 0 aromatic carbocycles. The van der Waals surface area contributed by atoms with Crippen LogP contribution in [0.2, 0.25) is 0 Å². The topological polar surface area (TPSA) is 56.2 Å². The molecule has 0 spiro atoms. The Morgan fingerprint density at radius 2 is 2.30 bits per heavy atom. The van der Waals surface area contributed by atoms with E-state index in [1.165, 1.54) is 0 Å². The number of ether oxygens (including phenoxy) is 1. The molecule has 1 rings (SSSR count). The molecule has 2 atom stereocenters. The predicted octanol–water partition coefficient (Wildman–Crippen LogP) is 2.92. The minimum atomic E-state index is -0.691. The summed E-state index contributed by atoms with van der Waals surface area (Å²) < 4.78 is 8.00. The summed E-state index contributed by atoms with van der Waals surface area (Å²) in [6.07, 6.45) is 5.25. The Labute approximate surface area is 129 Å². The predicted molar refractivity (Wildman–Crippen MR) is 82.6 cm³/mol. The van der Waals surface area contributed by atoms with Crippen LogP contribution in [0.1, 0.15) is 46.6 Å². The molecule has 0 aliphatic carbocycles. The molecule has 2 unspecified atom stereocenters. The number of carbonyl (C=O) groups excluding carboxylic acids is 1. The molecular weight excluding hydrogens is 322 g/mol. The van der Waals surface area contributed by atoms with Gasteiger partial charge < -0.3 is 10.1 Å².